The Labute approximate surface area is 181 Å². The summed E-state index contributed by atoms with van der Waals surface area (Å²) in [7, 11) is -3.22. The van der Waals surface area contributed by atoms with Crippen molar-refractivity contribution in [1.82, 2.24) is 10.5 Å². The molecular formula is C23H24N2O5S. The molecule has 7 nitrogen and oxygen atoms in total. The van der Waals surface area contributed by atoms with Crippen LogP contribution in [0.1, 0.15) is 35.2 Å². The Hall–Kier alpha value is -3.13. The number of fused-ring (bicyclic) bond motifs is 1. The third-order valence-electron chi connectivity index (χ3n) is 5.20. The number of aryl methyl sites for hydroxylation is 1. The zero-order valence-corrected chi connectivity index (χ0v) is 18.2. The van der Waals surface area contributed by atoms with Gasteiger partial charge in [-0.25, -0.2) is 8.42 Å². The second kappa shape index (κ2) is 8.55. The number of carbonyl (C=O) groups excluding carboxylic acids is 1. The van der Waals surface area contributed by atoms with Crippen LogP contribution in [0.5, 0.6) is 5.75 Å². The summed E-state index contributed by atoms with van der Waals surface area (Å²) in [4.78, 5) is 12.6. The third kappa shape index (κ3) is 4.80. The molecule has 0 radical (unpaired) electrons. The van der Waals surface area contributed by atoms with Crippen molar-refractivity contribution in [1.29, 1.82) is 0 Å². The molecule has 2 heterocycles. The largest absolute Gasteiger partial charge is 0.488 e. The molecule has 1 N–H and O–H groups in total. The number of hydrogen-bond acceptors (Lipinski definition) is 6. The van der Waals surface area contributed by atoms with Gasteiger partial charge in [-0.3, -0.25) is 4.79 Å². The molecule has 31 heavy (non-hydrogen) atoms. The van der Waals surface area contributed by atoms with E-state index in [1.165, 1.54) is 6.26 Å². The number of nitrogens with one attached hydrogen (secondary N) is 1. The molecular weight excluding hydrogens is 416 g/mol. The highest BCUT2D eigenvalue weighted by Gasteiger charge is 2.24. The molecule has 0 fully saturated rings. The van der Waals surface area contributed by atoms with Crippen molar-refractivity contribution in [2.45, 2.75) is 37.2 Å². The molecule has 0 spiro atoms. The number of sulfone groups is 1. The van der Waals surface area contributed by atoms with Crippen molar-refractivity contribution in [3.8, 4) is 16.9 Å². The van der Waals surface area contributed by atoms with Crippen molar-refractivity contribution in [2.75, 3.05) is 12.8 Å². The van der Waals surface area contributed by atoms with Crippen LogP contribution in [0.3, 0.4) is 0 Å². The fraction of sp³-hybridized carbons (Fsp3) is 0.304. The third-order valence-corrected chi connectivity index (χ3v) is 6.32. The predicted molar refractivity (Wildman–Crippen MR) is 116 cm³/mol. The molecule has 0 saturated heterocycles. The van der Waals surface area contributed by atoms with Crippen LogP contribution in [0.2, 0.25) is 0 Å². The first kappa shape index (κ1) is 21.1. The Balaban J connectivity index is 1.38. The van der Waals surface area contributed by atoms with Gasteiger partial charge in [0, 0.05) is 25.2 Å². The van der Waals surface area contributed by atoms with Crippen molar-refractivity contribution >= 4 is 15.7 Å². The fourth-order valence-corrected chi connectivity index (χ4v) is 4.22. The molecule has 1 aliphatic heterocycles. The highest BCUT2D eigenvalue weighted by atomic mass is 32.2. The number of aromatic nitrogens is 1. The van der Waals surface area contributed by atoms with Gasteiger partial charge in [0.25, 0.3) is 5.91 Å². The molecule has 0 saturated carbocycles. The minimum Gasteiger partial charge on any atom is -0.488 e. The first-order valence-electron chi connectivity index (χ1n) is 10.2. The molecule has 2 aromatic carbocycles. The normalized spacial score (nSPS) is 15.4. The molecule has 1 aliphatic rings. The summed E-state index contributed by atoms with van der Waals surface area (Å²) >= 11 is 0. The SMILES string of the molecule is CCCc1cc(C(=O)NC[C@@H]2Cc3cc(-c4ccc(S(C)(=O)=O)cc4)ccc3O2)no1. The topological polar surface area (TPSA) is 98.5 Å². The van der Waals surface area contributed by atoms with Gasteiger partial charge in [-0.2, -0.15) is 0 Å². The van der Waals surface area contributed by atoms with Crippen molar-refractivity contribution < 1.29 is 22.5 Å². The van der Waals surface area contributed by atoms with Gasteiger partial charge in [0.2, 0.25) is 0 Å². The van der Waals surface area contributed by atoms with E-state index in [2.05, 4.69) is 10.5 Å². The van der Waals surface area contributed by atoms with Gasteiger partial charge in [-0.05, 0) is 47.4 Å². The minimum absolute atomic E-state index is 0.163. The highest BCUT2D eigenvalue weighted by molar-refractivity contribution is 7.90. The zero-order valence-electron chi connectivity index (χ0n) is 17.4. The summed E-state index contributed by atoms with van der Waals surface area (Å²) in [5.74, 6) is 1.22. The number of rotatable bonds is 7. The maximum absolute atomic E-state index is 12.3. The first-order chi connectivity index (χ1) is 14.8. The van der Waals surface area contributed by atoms with Crippen molar-refractivity contribution in [2.24, 2.45) is 0 Å². The molecule has 3 aromatic rings. The van der Waals surface area contributed by atoms with E-state index in [1.54, 1.807) is 30.3 Å². The average Bonchev–Trinajstić information content (AvgIpc) is 3.38. The molecule has 0 unspecified atom stereocenters. The van der Waals surface area contributed by atoms with Crippen LogP contribution >= 0.6 is 0 Å². The van der Waals surface area contributed by atoms with Gasteiger partial charge in [0.15, 0.2) is 15.5 Å². The van der Waals surface area contributed by atoms with Crippen molar-refractivity contribution in [3.05, 3.63) is 65.5 Å². The smallest absolute Gasteiger partial charge is 0.273 e. The van der Waals surface area contributed by atoms with Crippen LogP contribution < -0.4 is 10.1 Å². The Morgan fingerprint density at radius 1 is 1.13 bits per heavy atom. The number of carbonyl (C=O) groups is 1. The number of benzene rings is 2. The second-order valence-electron chi connectivity index (χ2n) is 7.70. The van der Waals surface area contributed by atoms with Crippen LogP contribution in [0.15, 0.2) is 57.9 Å². The van der Waals surface area contributed by atoms with Gasteiger partial charge in [-0.15, -0.1) is 0 Å². The predicted octanol–water partition coefficient (Wildman–Crippen LogP) is 3.43. The van der Waals surface area contributed by atoms with Gasteiger partial charge in [0.05, 0.1) is 11.4 Å². The quantitative estimate of drug-likeness (QED) is 0.604. The number of hydrogen-bond donors (Lipinski definition) is 1. The lowest BCUT2D eigenvalue weighted by molar-refractivity contribution is 0.0924. The summed E-state index contributed by atoms with van der Waals surface area (Å²) in [5, 5.41) is 6.67. The van der Waals surface area contributed by atoms with E-state index in [0.29, 0.717) is 23.6 Å². The number of ether oxygens (including phenoxy) is 1. The molecule has 1 amide bonds. The van der Waals surface area contributed by atoms with Gasteiger partial charge >= 0.3 is 0 Å². The van der Waals surface area contributed by atoms with Crippen LogP contribution in [-0.4, -0.2) is 38.4 Å². The molecule has 1 atom stereocenters. The van der Waals surface area contributed by atoms with E-state index in [0.717, 1.165) is 35.3 Å². The van der Waals surface area contributed by atoms with Gasteiger partial charge in [-0.1, -0.05) is 30.3 Å². The standard InChI is InChI=1S/C23H24N2O5S/c1-3-4-18-13-21(25-30-18)23(26)24-14-19-12-17-11-16(7-10-22(17)29-19)15-5-8-20(9-6-15)31(2,27)28/h5-11,13,19H,3-4,12,14H2,1-2H3,(H,24,26)/t19-/m0/s1. The lowest BCUT2D eigenvalue weighted by atomic mass is 10.0. The monoisotopic (exact) mass is 440 g/mol. The van der Waals surface area contributed by atoms with E-state index in [1.807, 2.05) is 25.1 Å². The molecule has 0 aliphatic carbocycles. The van der Waals surface area contributed by atoms with Crippen LogP contribution in [0, 0.1) is 0 Å². The highest BCUT2D eigenvalue weighted by Crippen LogP contribution is 2.33. The van der Waals surface area contributed by atoms with Crippen LogP contribution in [-0.2, 0) is 22.7 Å². The van der Waals surface area contributed by atoms with E-state index in [9.17, 15) is 13.2 Å². The van der Waals surface area contributed by atoms with Crippen molar-refractivity contribution in [3.63, 3.8) is 0 Å². The minimum atomic E-state index is -3.22. The summed E-state index contributed by atoms with van der Waals surface area (Å²) in [6, 6.07) is 14.4. The van der Waals surface area contributed by atoms with E-state index >= 15 is 0 Å². The van der Waals surface area contributed by atoms with Gasteiger partial charge in [0.1, 0.15) is 17.6 Å². The van der Waals surface area contributed by atoms with E-state index in [4.69, 9.17) is 9.26 Å². The lowest BCUT2D eigenvalue weighted by Gasteiger charge is -2.10. The Kier molecular flexibility index (Phi) is 5.82. The molecule has 4 rings (SSSR count). The first-order valence-corrected chi connectivity index (χ1v) is 12.1. The Bertz CT molecular complexity index is 1200. The molecule has 0 bridgehead atoms. The van der Waals surface area contributed by atoms with E-state index in [-0.39, 0.29) is 17.7 Å². The zero-order chi connectivity index (χ0) is 22.0. The molecule has 1 aromatic heterocycles. The van der Waals surface area contributed by atoms with Crippen LogP contribution in [0.4, 0.5) is 0 Å². The molecule has 8 heteroatoms. The summed E-state index contributed by atoms with van der Waals surface area (Å²) < 4.78 is 34.4. The fourth-order valence-electron chi connectivity index (χ4n) is 3.59. The molecule has 162 valence electrons. The lowest BCUT2D eigenvalue weighted by Crippen LogP contribution is -2.34. The van der Waals surface area contributed by atoms with Crippen LogP contribution in [0.25, 0.3) is 11.1 Å². The van der Waals surface area contributed by atoms with E-state index < -0.39 is 9.84 Å². The number of nitrogens with zero attached hydrogens (tertiary/aromatic N) is 1. The van der Waals surface area contributed by atoms with Gasteiger partial charge < -0.3 is 14.6 Å². The summed E-state index contributed by atoms with van der Waals surface area (Å²) in [5.41, 5.74) is 3.24. The Morgan fingerprint density at radius 3 is 2.58 bits per heavy atom. The second-order valence-corrected chi connectivity index (χ2v) is 9.72. The summed E-state index contributed by atoms with van der Waals surface area (Å²) in [6.45, 7) is 2.40. The maximum atomic E-state index is 12.3. The number of amides is 1. The Morgan fingerprint density at radius 2 is 1.87 bits per heavy atom. The maximum Gasteiger partial charge on any atom is 0.273 e. The summed E-state index contributed by atoms with van der Waals surface area (Å²) in [6.07, 6.45) is 3.38. The average molecular weight is 441 g/mol.